The predicted octanol–water partition coefficient (Wildman–Crippen LogP) is 2.28. The van der Waals surface area contributed by atoms with E-state index in [2.05, 4.69) is 57.9 Å². The average molecular weight is 545 g/mol. The molecule has 7 nitrogen and oxygen atoms in total. The zero-order valence-electron chi connectivity index (χ0n) is 19.7. The number of piperazine rings is 2. The Hall–Kier alpha value is -1.26. The number of para-hydroxylation sites is 2. The third kappa shape index (κ3) is 7.68. The molecule has 0 aliphatic carbocycles. The highest BCUT2D eigenvalue weighted by atomic mass is 127. The van der Waals surface area contributed by atoms with Crippen LogP contribution in [0.4, 0.5) is 5.69 Å². The maximum atomic E-state index is 5.55. The minimum atomic E-state index is 0. The van der Waals surface area contributed by atoms with Crippen LogP contribution < -0.4 is 15.0 Å². The summed E-state index contributed by atoms with van der Waals surface area (Å²) in [6.45, 7) is 16.0. The van der Waals surface area contributed by atoms with E-state index in [-0.39, 0.29) is 24.0 Å². The lowest BCUT2D eigenvalue weighted by Gasteiger charge is -2.38. The molecule has 2 saturated heterocycles. The molecule has 176 valence electrons. The van der Waals surface area contributed by atoms with Crippen LogP contribution in [0.2, 0.25) is 0 Å². The van der Waals surface area contributed by atoms with Crippen LogP contribution in [0, 0.1) is 5.92 Å². The van der Waals surface area contributed by atoms with Gasteiger partial charge in [-0.05, 0) is 32.0 Å². The summed E-state index contributed by atoms with van der Waals surface area (Å²) >= 11 is 0. The fourth-order valence-corrected chi connectivity index (χ4v) is 4.25. The van der Waals surface area contributed by atoms with Crippen LogP contribution in [0.15, 0.2) is 29.3 Å². The molecular formula is C23H41IN6O. The molecule has 2 aliphatic rings. The van der Waals surface area contributed by atoms with Crippen LogP contribution >= 0.6 is 24.0 Å². The minimum Gasteiger partial charge on any atom is -0.495 e. The van der Waals surface area contributed by atoms with Crippen molar-refractivity contribution in [3.63, 3.8) is 0 Å². The van der Waals surface area contributed by atoms with Crippen molar-refractivity contribution in [1.29, 1.82) is 0 Å². The van der Waals surface area contributed by atoms with E-state index >= 15 is 0 Å². The summed E-state index contributed by atoms with van der Waals surface area (Å²) in [6, 6.07) is 8.29. The van der Waals surface area contributed by atoms with Gasteiger partial charge in [0.25, 0.3) is 0 Å². The van der Waals surface area contributed by atoms with E-state index < -0.39 is 0 Å². The lowest BCUT2D eigenvalue weighted by molar-refractivity contribution is 0.140. The van der Waals surface area contributed by atoms with Crippen molar-refractivity contribution < 1.29 is 4.74 Å². The lowest BCUT2D eigenvalue weighted by atomic mass is 10.1. The molecule has 31 heavy (non-hydrogen) atoms. The summed E-state index contributed by atoms with van der Waals surface area (Å²) in [5.41, 5.74) is 1.18. The van der Waals surface area contributed by atoms with Crippen molar-refractivity contribution in [2.24, 2.45) is 10.9 Å². The fraction of sp³-hybridized carbons (Fsp3) is 0.696. The van der Waals surface area contributed by atoms with Gasteiger partial charge < -0.3 is 29.7 Å². The Morgan fingerprint density at radius 3 is 2.39 bits per heavy atom. The number of halogens is 1. The van der Waals surface area contributed by atoms with Gasteiger partial charge in [-0.25, -0.2) is 0 Å². The number of nitrogens with zero attached hydrogens (tertiary/aromatic N) is 5. The van der Waals surface area contributed by atoms with E-state index in [0.29, 0.717) is 5.92 Å². The molecule has 0 radical (unpaired) electrons. The van der Waals surface area contributed by atoms with Crippen molar-refractivity contribution in [3.05, 3.63) is 24.3 Å². The van der Waals surface area contributed by atoms with Gasteiger partial charge in [-0.3, -0.25) is 4.99 Å². The number of rotatable bonds is 7. The van der Waals surface area contributed by atoms with Crippen LogP contribution in [-0.4, -0.2) is 107 Å². The molecule has 1 aromatic carbocycles. The molecule has 3 rings (SSSR count). The SMILES string of the molecule is CCNC(=NCC(C)CN1CCN(C)CC1)N1CCN(c2ccccc2OC)CC1.I. The summed E-state index contributed by atoms with van der Waals surface area (Å²) in [7, 11) is 3.95. The molecule has 1 atom stereocenters. The third-order valence-corrected chi connectivity index (χ3v) is 6.06. The van der Waals surface area contributed by atoms with E-state index in [4.69, 9.17) is 9.73 Å². The number of anilines is 1. The highest BCUT2D eigenvalue weighted by molar-refractivity contribution is 14.0. The summed E-state index contributed by atoms with van der Waals surface area (Å²) < 4.78 is 5.55. The number of benzene rings is 1. The molecule has 0 spiro atoms. The van der Waals surface area contributed by atoms with Gasteiger partial charge in [0.05, 0.1) is 12.8 Å². The van der Waals surface area contributed by atoms with Gasteiger partial charge in [0.2, 0.25) is 0 Å². The summed E-state index contributed by atoms with van der Waals surface area (Å²) in [6.07, 6.45) is 0. The quantitative estimate of drug-likeness (QED) is 0.323. The molecule has 0 amide bonds. The number of hydrogen-bond acceptors (Lipinski definition) is 5. The van der Waals surface area contributed by atoms with E-state index in [1.807, 2.05) is 12.1 Å². The van der Waals surface area contributed by atoms with Gasteiger partial charge in [0, 0.05) is 72.0 Å². The number of guanidine groups is 1. The van der Waals surface area contributed by atoms with Crippen molar-refractivity contribution in [2.45, 2.75) is 13.8 Å². The van der Waals surface area contributed by atoms with E-state index in [0.717, 1.165) is 57.5 Å². The normalized spacial score (nSPS) is 19.7. The average Bonchev–Trinajstić information content (AvgIpc) is 2.78. The molecule has 1 aromatic rings. The van der Waals surface area contributed by atoms with E-state index in [1.165, 1.54) is 31.9 Å². The third-order valence-electron chi connectivity index (χ3n) is 6.06. The highest BCUT2D eigenvalue weighted by Crippen LogP contribution is 2.28. The van der Waals surface area contributed by atoms with Gasteiger partial charge in [-0.15, -0.1) is 24.0 Å². The second-order valence-corrected chi connectivity index (χ2v) is 8.55. The topological polar surface area (TPSA) is 46.6 Å². The number of likely N-dealkylation sites (N-methyl/N-ethyl adjacent to an activating group) is 1. The first-order valence-electron chi connectivity index (χ1n) is 11.4. The molecule has 2 aliphatic heterocycles. The van der Waals surface area contributed by atoms with Gasteiger partial charge in [-0.1, -0.05) is 19.1 Å². The number of nitrogens with one attached hydrogen (secondary N) is 1. The standard InChI is InChI=1S/C23H40N6O.HI/c1-5-24-23(25-18-20(2)19-27-12-10-26(3)11-13-27)29-16-14-28(15-17-29)21-8-6-7-9-22(21)30-4;/h6-9,20H,5,10-19H2,1-4H3,(H,24,25);1H. The Labute approximate surface area is 205 Å². The van der Waals surface area contributed by atoms with Crippen LogP contribution in [0.25, 0.3) is 0 Å². The molecular weight excluding hydrogens is 503 g/mol. The molecule has 2 heterocycles. The minimum absolute atomic E-state index is 0. The summed E-state index contributed by atoms with van der Waals surface area (Å²) in [5, 5.41) is 3.51. The second-order valence-electron chi connectivity index (χ2n) is 8.55. The van der Waals surface area contributed by atoms with Crippen LogP contribution in [0.3, 0.4) is 0 Å². The molecule has 1 N–H and O–H groups in total. The Bertz CT molecular complexity index is 672. The van der Waals surface area contributed by atoms with Gasteiger partial charge in [0.1, 0.15) is 5.75 Å². The zero-order valence-corrected chi connectivity index (χ0v) is 22.0. The van der Waals surface area contributed by atoms with Crippen LogP contribution in [-0.2, 0) is 0 Å². The first-order chi connectivity index (χ1) is 14.6. The smallest absolute Gasteiger partial charge is 0.194 e. The fourth-order valence-electron chi connectivity index (χ4n) is 4.25. The number of ether oxygens (including phenoxy) is 1. The monoisotopic (exact) mass is 544 g/mol. The van der Waals surface area contributed by atoms with Gasteiger partial charge in [-0.2, -0.15) is 0 Å². The maximum Gasteiger partial charge on any atom is 0.194 e. The second kappa shape index (κ2) is 13.3. The highest BCUT2D eigenvalue weighted by Gasteiger charge is 2.22. The molecule has 0 saturated carbocycles. The molecule has 2 fully saturated rings. The Morgan fingerprint density at radius 2 is 1.74 bits per heavy atom. The number of hydrogen-bond donors (Lipinski definition) is 1. The number of aliphatic imine (C=N–C) groups is 1. The van der Waals surface area contributed by atoms with Crippen molar-refractivity contribution in [3.8, 4) is 5.75 Å². The first-order valence-corrected chi connectivity index (χ1v) is 11.4. The number of methoxy groups -OCH3 is 1. The molecule has 0 bridgehead atoms. The van der Waals surface area contributed by atoms with Gasteiger partial charge >= 0.3 is 0 Å². The molecule has 8 heteroatoms. The molecule has 0 aromatic heterocycles. The molecule has 1 unspecified atom stereocenters. The van der Waals surface area contributed by atoms with Crippen molar-refractivity contribution in [1.82, 2.24) is 20.0 Å². The van der Waals surface area contributed by atoms with Crippen molar-refractivity contribution in [2.75, 3.05) is 91.0 Å². The lowest BCUT2D eigenvalue weighted by Crippen LogP contribution is -2.52. The Balaban J connectivity index is 0.00000341. The van der Waals surface area contributed by atoms with E-state index in [9.17, 15) is 0 Å². The Morgan fingerprint density at radius 1 is 1.06 bits per heavy atom. The van der Waals surface area contributed by atoms with Crippen LogP contribution in [0.1, 0.15) is 13.8 Å². The summed E-state index contributed by atoms with van der Waals surface area (Å²) in [4.78, 5) is 14.8. The Kier molecular flexibility index (Phi) is 11.2. The van der Waals surface area contributed by atoms with Crippen LogP contribution in [0.5, 0.6) is 5.75 Å². The zero-order chi connectivity index (χ0) is 21.3. The largest absolute Gasteiger partial charge is 0.495 e. The predicted molar refractivity (Wildman–Crippen MR) is 141 cm³/mol. The first kappa shape index (κ1) is 26.0. The van der Waals surface area contributed by atoms with Crippen molar-refractivity contribution >= 4 is 35.6 Å². The van der Waals surface area contributed by atoms with E-state index in [1.54, 1.807) is 7.11 Å². The maximum absolute atomic E-state index is 5.55. The van der Waals surface area contributed by atoms with Gasteiger partial charge in [0.15, 0.2) is 5.96 Å². The summed E-state index contributed by atoms with van der Waals surface area (Å²) in [5.74, 6) is 2.57.